The van der Waals surface area contributed by atoms with Gasteiger partial charge in [-0.2, -0.15) is 4.90 Å². The van der Waals surface area contributed by atoms with Crippen LogP contribution in [0, 0.1) is 16.0 Å². The van der Waals surface area contributed by atoms with Gasteiger partial charge >= 0.3 is 24.2 Å². The van der Waals surface area contributed by atoms with Crippen LogP contribution in [0.1, 0.15) is 68.7 Å². The number of benzene rings is 2. The smallest absolute Gasteiger partial charge is 0.423 e. The fourth-order valence-corrected chi connectivity index (χ4v) is 7.37. The predicted molar refractivity (Wildman–Crippen MR) is 232 cm³/mol. The molecule has 2 aliphatic heterocycles. The molecular formula is C41H52Cl2N8O11. The van der Waals surface area contributed by atoms with Crippen molar-refractivity contribution in [3.63, 3.8) is 0 Å². The molecule has 0 saturated carbocycles. The summed E-state index contributed by atoms with van der Waals surface area (Å²) in [5, 5.41) is 15.7. The summed E-state index contributed by atoms with van der Waals surface area (Å²) in [6, 6.07) is 5.84. The maximum Gasteiger partial charge on any atom is 0.423 e. The van der Waals surface area contributed by atoms with Crippen LogP contribution < -0.4 is 34.4 Å². The lowest BCUT2D eigenvalue weighted by molar-refractivity contribution is -0.384. The number of urea groups is 1. The summed E-state index contributed by atoms with van der Waals surface area (Å²) in [6.07, 6.45) is -0.753. The highest BCUT2D eigenvalue weighted by Crippen LogP contribution is 2.47. The number of nitro groups is 1. The van der Waals surface area contributed by atoms with E-state index in [2.05, 4.69) is 15.3 Å². The standard InChI is InChI=1S/C41H52Cl2N8O11/c1-38(2,3)60-34(52)24-15-16-48(21-41(24)20-46-41)23-13-14-25(26(17-23)51(56)57)49(36(54)61-39(4,5)6)30-19-29(44-22-45-30)47(10)35(53)50(37(55)62-40(7,8)9)33-31(42)27(58-11)18-28(59-12)32(33)43/h13-14,17-19,22,24,46H,15-16,20-21H2,1-12H3. The van der Waals surface area contributed by atoms with E-state index in [0.29, 0.717) is 36.6 Å². The number of carbonyl (C=O) groups excluding carboxylic acids is 4. The van der Waals surface area contributed by atoms with Crippen molar-refractivity contribution >= 4 is 81.8 Å². The lowest BCUT2D eigenvalue weighted by Gasteiger charge is -2.39. The van der Waals surface area contributed by atoms with Gasteiger partial charge in [-0.3, -0.25) is 19.8 Å². The van der Waals surface area contributed by atoms with Crippen LogP contribution in [0.5, 0.6) is 11.5 Å². The summed E-state index contributed by atoms with van der Waals surface area (Å²) in [7, 11) is 3.91. The van der Waals surface area contributed by atoms with Crippen LogP contribution in [0.4, 0.5) is 48.8 Å². The summed E-state index contributed by atoms with van der Waals surface area (Å²) in [5.74, 6) is -1.09. The molecule has 2 aliphatic rings. The Labute approximate surface area is 369 Å². The molecule has 336 valence electrons. The fraction of sp³-hybridized carbons (Fsp3) is 0.512. The number of hydrogen-bond donors (Lipinski definition) is 1. The molecule has 0 aliphatic carbocycles. The van der Waals surface area contributed by atoms with Gasteiger partial charge < -0.3 is 33.9 Å². The van der Waals surface area contributed by atoms with Crippen LogP contribution in [0.15, 0.2) is 36.7 Å². The lowest BCUT2D eigenvalue weighted by atomic mass is 9.84. The summed E-state index contributed by atoms with van der Waals surface area (Å²) >= 11 is 13.4. The number of nitrogens with zero attached hydrogens (tertiary/aromatic N) is 7. The summed E-state index contributed by atoms with van der Waals surface area (Å²) < 4.78 is 27.8. The summed E-state index contributed by atoms with van der Waals surface area (Å²) in [4.78, 5) is 80.7. The monoisotopic (exact) mass is 902 g/mol. The minimum absolute atomic E-state index is 0.0193. The van der Waals surface area contributed by atoms with Gasteiger partial charge in [0.1, 0.15) is 67.7 Å². The van der Waals surface area contributed by atoms with Gasteiger partial charge in [-0.1, -0.05) is 23.2 Å². The first-order chi connectivity index (χ1) is 28.7. The number of halogens is 2. The first kappa shape index (κ1) is 47.4. The quantitative estimate of drug-likeness (QED) is 0.0702. The second-order valence-corrected chi connectivity index (χ2v) is 18.5. The molecule has 1 N–H and O–H groups in total. The van der Waals surface area contributed by atoms with E-state index in [1.165, 1.54) is 45.5 Å². The van der Waals surface area contributed by atoms with Gasteiger partial charge in [-0.25, -0.2) is 29.3 Å². The van der Waals surface area contributed by atoms with E-state index in [0.717, 1.165) is 16.1 Å². The van der Waals surface area contributed by atoms with Crippen molar-refractivity contribution in [3.05, 3.63) is 56.8 Å². The Hall–Kier alpha value is -5.66. The van der Waals surface area contributed by atoms with E-state index < -0.39 is 57.1 Å². The van der Waals surface area contributed by atoms with E-state index >= 15 is 0 Å². The van der Waals surface area contributed by atoms with Crippen molar-refractivity contribution in [2.45, 2.75) is 91.1 Å². The second-order valence-electron chi connectivity index (χ2n) is 17.7. The van der Waals surface area contributed by atoms with Crippen LogP contribution in [0.3, 0.4) is 0 Å². The van der Waals surface area contributed by atoms with Crippen LogP contribution in [0.2, 0.25) is 10.0 Å². The molecule has 2 atom stereocenters. The van der Waals surface area contributed by atoms with Crippen molar-refractivity contribution in [2.75, 3.05) is 60.5 Å². The molecule has 2 saturated heterocycles. The van der Waals surface area contributed by atoms with Gasteiger partial charge in [-0.15, -0.1) is 0 Å². The maximum absolute atomic E-state index is 14.5. The van der Waals surface area contributed by atoms with Crippen molar-refractivity contribution < 1.29 is 47.8 Å². The molecule has 4 amide bonds. The maximum atomic E-state index is 14.5. The van der Waals surface area contributed by atoms with Crippen LogP contribution >= 0.6 is 23.2 Å². The van der Waals surface area contributed by atoms with Crippen LogP contribution in [-0.2, 0) is 19.0 Å². The van der Waals surface area contributed by atoms with Crippen molar-refractivity contribution in [1.29, 1.82) is 0 Å². The number of nitro benzene ring substituents is 1. The Kier molecular flexibility index (Phi) is 13.5. The van der Waals surface area contributed by atoms with Gasteiger partial charge in [0.05, 0.1) is 30.6 Å². The molecular weight excluding hydrogens is 851 g/mol. The third-order valence-electron chi connectivity index (χ3n) is 9.53. The van der Waals surface area contributed by atoms with Gasteiger partial charge in [0.2, 0.25) is 0 Å². The SMILES string of the molecule is COc1cc(OC)c(Cl)c(N(C(=O)OC(C)(C)C)C(=O)N(C)c2cc(N(C(=O)OC(C)(C)C)c3ccc(N4CCC(C(=O)OC(C)(C)C)C5(CN5)C4)cc3[N+](=O)[O-])ncn2)c1Cl. The number of esters is 1. The number of methoxy groups -OCH3 is 2. The predicted octanol–water partition coefficient (Wildman–Crippen LogP) is 8.29. The van der Waals surface area contributed by atoms with E-state index in [4.69, 9.17) is 46.9 Å². The zero-order valence-corrected chi connectivity index (χ0v) is 38.3. The van der Waals surface area contributed by atoms with E-state index in [1.807, 2.05) is 25.7 Å². The topological polar surface area (TPSA) is 218 Å². The van der Waals surface area contributed by atoms with Crippen molar-refractivity contribution in [3.8, 4) is 11.5 Å². The number of anilines is 5. The number of amides is 4. The molecule has 0 radical (unpaired) electrons. The number of hydrogen-bond acceptors (Lipinski definition) is 15. The van der Waals surface area contributed by atoms with Gasteiger partial charge in [0.25, 0.3) is 5.69 Å². The lowest BCUT2D eigenvalue weighted by Crippen LogP contribution is -2.52. The highest BCUT2D eigenvalue weighted by molar-refractivity contribution is 6.43. The summed E-state index contributed by atoms with van der Waals surface area (Å²) in [5.41, 5.74) is -3.93. The average Bonchev–Trinajstić information content (AvgIpc) is 3.92. The number of ether oxygens (including phenoxy) is 5. The molecule has 19 nitrogen and oxygen atoms in total. The highest BCUT2D eigenvalue weighted by Gasteiger charge is 2.56. The third-order valence-corrected chi connectivity index (χ3v) is 10.3. The van der Waals surface area contributed by atoms with E-state index in [-0.39, 0.29) is 50.5 Å². The normalized spacial score (nSPS) is 17.5. The number of carbonyl (C=O) groups is 4. The number of piperidine rings is 1. The van der Waals surface area contributed by atoms with E-state index in [1.54, 1.807) is 47.6 Å². The molecule has 21 heteroatoms. The van der Waals surface area contributed by atoms with Crippen LogP contribution in [-0.4, -0.2) is 102 Å². The molecule has 2 unspecified atom stereocenters. The largest absolute Gasteiger partial charge is 0.495 e. The first-order valence-electron chi connectivity index (χ1n) is 19.5. The molecule has 0 bridgehead atoms. The third kappa shape index (κ3) is 10.5. The molecule has 1 spiro atoms. The number of rotatable bonds is 9. The molecule has 62 heavy (non-hydrogen) atoms. The molecule has 2 fully saturated rings. The zero-order valence-electron chi connectivity index (χ0n) is 36.7. The minimum atomic E-state index is -1.17. The van der Waals surface area contributed by atoms with Crippen LogP contribution in [0.25, 0.3) is 0 Å². The Morgan fingerprint density at radius 1 is 0.855 bits per heavy atom. The number of nitrogens with one attached hydrogen (secondary N) is 1. The van der Waals surface area contributed by atoms with Crippen molar-refractivity contribution in [2.24, 2.45) is 5.92 Å². The Bertz CT molecular complexity index is 2220. The molecule has 1 aromatic heterocycles. The fourth-order valence-electron chi connectivity index (χ4n) is 6.70. The zero-order chi connectivity index (χ0) is 46.3. The Morgan fingerprint density at radius 3 is 1.92 bits per heavy atom. The van der Waals surface area contributed by atoms with Gasteiger partial charge in [0, 0.05) is 50.6 Å². The van der Waals surface area contributed by atoms with Gasteiger partial charge in [-0.05, 0) is 80.9 Å². The highest BCUT2D eigenvalue weighted by atomic mass is 35.5. The van der Waals surface area contributed by atoms with Gasteiger partial charge in [0.15, 0.2) is 0 Å². The number of imide groups is 1. The second kappa shape index (κ2) is 17.6. The molecule has 5 rings (SSSR count). The van der Waals surface area contributed by atoms with Crippen molar-refractivity contribution in [1.82, 2.24) is 15.3 Å². The molecule has 3 aromatic rings. The molecule has 2 aromatic carbocycles. The first-order valence-corrected chi connectivity index (χ1v) is 20.2. The minimum Gasteiger partial charge on any atom is -0.495 e. The Morgan fingerprint density at radius 2 is 1.40 bits per heavy atom. The summed E-state index contributed by atoms with van der Waals surface area (Å²) in [6.45, 7) is 16.4. The van der Waals surface area contributed by atoms with E-state index in [9.17, 15) is 29.3 Å². The number of aromatic nitrogens is 2. The Balaban J connectivity index is 1.56. The average molecular weight is 904 g/mol. The molecule has 3 heterocycles.